The van der Waals surface area contributed by atoms with Crippen LogP contribution in [0.1, 0.15) is 42.6 Å². The molecule has 3 nitrogen and oxygen atoms in total. The Morgan fingerprint density at radius 1 is 1.31 bits per heavy atom. The van der Waals surface area contributed by atoms with Gasteiger partial charge in [-0.2, -0.15) is 0 Å². The van der Waals surface area contributed by atoms with Gasteiger partial charge < -0.3 is 5.11 Å². The molecule has 1 aromatic rings. The zero-order valence-electron chi connectivity index (χ0n) is 9.62. The number of hydrogen-bond acceptors (Lipinski definition) is 3. The summed E-state index contributed by atoms with van der Waals surface area (Å²) in [6.45, 7) is 3.35. The van der Waals surface area contributed by atoms with E-state index in [1.807, 2.05) is 6.92 Å². The smallest absolute Gasteiger partial charge is 0.163 e. The normalized spacial score (nSPS) is 10.1. The minimum atomic E-state index is -0.192. The molecule has 0 aliphatic rings. The Hall–Kier alpha value is -1.64. The van der Waals surface area contributed by atoms with Crippen LogP contribution in [0.3, 0.4) is 0 Å². The first kappa shape index (κ1) is 12.4. The van der Waals surface area contributed by atoms with Gasteiger partial charge in [-0.15, -0.1) is 0 Å². The van der Waals surface area contributed by atoms with Crippen LogP contribution in [0.2, 0.25) is 0 Å². The minimum Gasteiger partial charge on any atom is -0.507 e. The summed E-state index contributed by atoms with van der Waals surface area (Å²) in [6, 6.07) is 4.73. The largest absolute Gasteiger partial charge is 0.507 e. The van der Waals surface area contributed by atoms with Crippen molar-refractivity contribution < 1.29 is 14.7 Å². The van der Waals surface area contributed by atoms with E-state index >= 15 is 0 Å². The van der Waals surface area contributed by atoms with Crippen LogP contribution in [0.5, 0.6) is 5.75 Å². The summed E-state index contributed by atoms with van der Waals surface area (Å²) in [7, 11) is 0. The molecule has 0 amide bonds. The number of phenols is 1. The first-order valence-electron chi connectivity index (χ1n) is 5.39. The summed E-state index contributed by atoms with van der Waals surface area (Å²) in [4.78, 5) is 22.6. The molecular weight excluding hydrogens is 204 g/mol. The first-order chi connectivity index (χ1) is 7.54. The Labute approximate surface area is 95.1 Å². The van der Waals surface area contributed by atoms with Crippen LogP contribution in [0.4, 0.5) is 0 Å². The van der Waals surface area contributed by atoms with Gasteiger partial charge in [-0.3, -0.25) is 9.59 Å². The number of aromatic hydroxyl groups is 1. The molecule has 3 heteroatoms. The van der Waals surface area contributed by atoms with E-state index in [4.69, 9.17) is 0 Å². The van der Waals surface area contributed by atoms with Gasteiger partial charge in [-0.1, -0.05) is 13.0 Å². The lowest BCUT2D eigenvalue weighted by Crippen LogP contribution is -2.03. The molecule has 0 spiro atoms. The second kappa shape index (κ2) is 5.45. The number of Topliss-reactive ketones (excluding diaryl/α,β-unsaturated/α-hetero) is 2. The van der Waals surface area contributed by atoms with Crippen molar-refractivity contribution in [1.82, 2.24) is 0 Å². The molecule has 0 fully saturated rings. The highest BCUT2D eigenvalue weighted by atomic mass is 16.3. The molecule has 0 unspecified atom stereocenters. The molecule has 0 heterocycles. The van der Waals surface area contributed by atoms with Crippen LogP contribution in [-0.2, 0) is 11.2 Å². The molecule has 0 aliphatic heterocycles. The van der Waals surface area contributed by atoms with Crippen LogP contribution < -0.4 is 0 Å². The van der Waals surface area contributed by atoms with Gasteiger partial charge in [0.2, 0.25) is 0 Å². The summed E-state index contributed by atoms with van der Waals surface area (Å²) in [5.41, 5.74) is 1.06. The molecule has 0 aliphatic carbocycles. The summed E-state index contributed by atoms with van der Waals surface area (Å²) in [6.07, 6.45) is 1.71. The number of carbonyl (C=O) groups excluding carboxylic acids is 2. The van der Waals surface area contributed by atoms with E-state index < -0.39 is 0 Å². The topological polar surface area (TPSA) is 54.4 Å². The Bertz CT molecular complexity index is 408. The van der Waals surface area contributed by atoms with Gasteiger partial charge in [0, 0.05) is 12.8 Å². The Morgan fingerprint density at radius 3 is 2.56 bits per heavy atom. The van der Waals surface area contributed by atoms with E-state index in [1.165, 1.54) is 13.0 Å². The third-order valence-corrected chi connectivity index (χ3v) is 2.37. The van der Waals surface area contributed by atoms with Gasteiger partial charge >= 0.3 is 0 Å². The van der Waals surface area contributed by atoms with Crippen molar-refractivity contribution >= 4 is 11.6 Å². The highest BCUT2D eigenvalue weighted by molar-refractivity contribution is 5.97. The van der Waals surface area contributed by atoms with Crippen molar-refractivity contribution in [2.45, 2.75) is 33.1 Å². The third-order valence-electron chi connectivity index (χ3n) is 2.37. The Balaban J connectivity index is 2.87. The number of phenolic OH excluding ortho intramolecular Hbond substituents is 1. The maximum atomic E-state index is 11.4. The molecule has 0 aromatic heterocycles. The summed E-state index contributed by atoms with van der Waals surface area (Å²) < 4.78 is 0. The van der Waals surface area contributed by atoms with Crippen molar-refractivity contribution in [3.8, 4) is 5.75 Å². The molecule has 1 rings (SSSR count). The highest BCUT2D eigenvalue weighted by Gasteiger charge is 2.09. The second-order valence-corrected chi connectivity index (χ2v) is 3.87. The molecule has 0 atom stereocenters. The maximum Gasteiger partial charge on any atom is 0.163 e. The number of ketones is 2. The predicted octanol–water partition coefficient (Wildman–Crippen LogP) is 2.51. The number of carbonyl (C=O) groups is 2. The molecule has 0 bridgehead atoms. The lowest BCUT2D eigenvalue weighted by atomic mass is 10.0. The zero-order chi connectivity index (χ0) is 12.1. The fraction of sp³-hybridized carbons (Fsp3) is 0.385. The highest BCUT2D eigenvalue weighted by Crippen LogP contribution is 2.19. The lowest BCUT2D eigenvalue weighted by molar-refractivity contribution is -0.118. The SMILES string of the molecule is CCCC(=O)Cc1ccc(O)c(C(C)=O)c1. The van der Waals surface area contributed by atoms with Gasteiger partial charge in [0.1, 0.15) is 11.5 Å². The van der Waals surface area contributed by atoms with Gasteiger partial charge in [0.15, 0.2) is 5.78 Å². The molecule has 0 saturated carbocycles. The number of benzene rings is 1. The van der Waals surface area contributed by atoms with Gasteiger partial charge in [-0.25, -0.2) is 0 Å². The van der Waals surface area contributed by atoms with E-state index in [1.54, 1.807) is 12.1 Å². The summed E-state index contributed by atoms with van der Waals surface area (Å²) in [5.74, 6) is -0.0656. The first-order valence-corrected chi connectivity index (χ1v) is 5.39. The fourth-order valence-electron chi connectivity index (χ4n) is 1.57. The summed E-state index contributed by atoms with van der Waals surface area (Å²) in [5, 5.41) is 9.44. The van der Waals surface area contributed by atoms with Crippen LogP contribution in [0.25, 0.3) is 0 Å². The number of rotatable bonds is 5. The van der Waals surface area contributed by atoms with Crippen molar-refractivity contribution in [2.24, 2.45) is 0 Å². The van der Waals surface area contributed by atoms with Crippen LogP contribution in [0.15, 0.2) is 18.2 Å². The van der Waals surface area contributed by atoms with E-state index in [0.717, 1.165) is 12.0 Å². The fourth-order valence-corrected chi connectivity index (χ4v) is 1.57. The molecular formula is C13H16O3. The molecule has 16 heavy (non-hydrogen) atoms. The molecule has 1 N–H and O–H groups in total. The van der Waals surface area contributed by atoms with E-state index in [2.05, 4.69) is 0 Å². The minimum absolute atomic E-state index is 0.0285. The van der Waals surface area contributed by atoms with Crippen molar-refractivity contribution in [1.29, 1.82) is 0 Å². The van der Waals surface area contributed by atoms with E-state index in [0.29, 0.717) is 12.8 Å². The van der Waals surface area contributed by atoms with E-state index in [9.17, 15) is 14.7 Å². The van der Waals surface area contributed by atoms with Gasteiger partial charge in [0.25, 0.3) is 0 Å². The third kappa shape index (κ3) is 3.19. The quantitative estimate of drug-likeness (QED) is 0.776. The standard InChI is InChI=1S/C13H16O3/c1-3-4-11(15)7-10-5-6-13(16)12(8-10)9(2)14/h5-6,8,16H,3-4,7H2,1-2H3. The Morgan fingerprint density at radius 2 is 2.00 bits per heavy atom. The van der Waals surface area contributed by atoms with Crippen LogP contribution in [-0.4, -0.2) is 16.7 Å². The van der Waals surface area contributed by atoms with Crippen molar-refractivity contribution in [2.75, 3.05) is 0 Å². The number of hydrogen-bond donors (Lipinski definition) is 1. The van der Waals surface area contributed by atoms with E-state index in [-0.39, 0.29) is 22.9 Å². The lowest BCUT2D eigenvalue weighted by Gasteiger charge is -2.04. The van der Waals surface area contributed by atoms with Crippen molar-refractivity contribution in [3.63, 3.8) is 0 Å². The van der Waals surface area contributed by atoms with Crippen LogP contribution in [0, 0.1) is 0 Å². The molecule has 0 saturated heterocycles. The molecule has 0 radical (unpaired) electrons. The van der Waals surface area contributed by atoms with Crippen molar-refractivity contribution in [3.05, 3.63) is 29.3 Å². The predicted molar refractivity (Wildman–Crippen MR) is 61.7 cm³/mol. The average molecular weight is 220 g/mol. The zero-order valence-corrected chi connectivity index (χ0v) is 9.62. The van der Waals surface area contributed by atoms with Gasteiger partial charge in [0.05, 0.1) is 5.56 Å². The van der Waals surface area contributed by atoms with Gasteiger partial charge in [-0.05, 0) is 31.0 Å². The average Bonchev–Trinajstić information content (AvgIpc) is 2.21. The molecule has 86 valence electrons. The summed E-state index contributed by atoms with van der Waals surface area (Å²) >= 11 is 0. The monoisotopic (exact) mass is 220 g/mol. The maximum absolute atomic E-state index is 11.4. The molecule has 1 aromatic carbocycles. The van der Waals surface area contributed by atoms with Crippen LogP contribution >= 0.6 is 0 Å². The Kier molecular flexibility index (Phi) is 4.23. The second-order valence-electron chi connectivity index (χ2n) is 3.87.